The van der Waals surface area contributed by atoms with Gasteiger partial charge in [-0.2, -0.15) is 0 Å². The number of rotatable bonds is 7. The van der Waals surface area contributed by atoms with Crippen LogP contribution >= 0.6 is 0 Å². The lowest BCUT2D eigenvalue weighted by Gasteiger charge is -2.08. The fourth-order valence-electron chi connectivity index (χ4n) is 2.41. The normalized spacial score (nSPS) is 10.6. The Bertz CT molecular complexity index is 804. The van der Waals surface area contributed by atoms with E-state index in [0.717, 1.165) is 17.1 Å². The Hall–Kier alpha value is -3.16. The maximum atomic E-state index is 12.0. The van der Waals surface area contributed by atoms with Crippen molar-refractivity contribution in [3.05, 3.63) is 53.7 Å². The van der Waals surface area contributed by atoms with E-state index >= 15 is 0 Å². The third-order valence-corrected chi connectivity index (χ3v) is 3.79. The van der Waals surface area contributed by atoms with Crippen molar-refractivity contribution in [3.63, 3.8) is 0 Å². The summed E-state index contributed by atoms with van der Waals surface area (Å²) in [5.74, 6) is 2.04. The smallest absolute Gasteiger partial charge is 0.224 e. The molecular formula is C17H20N6O2. The van der Waals surface area contributed by atoms with Crippen LogP contribution in [-0.2, 0) is 11.2 Å². The first-order valence-corrected chi connectivity index (χ1v) is 8.03. The van der Waals surface area contributed by atoms with E-state index in [4.69, 9.17) is 4.52 Å². The third kappa shape index (κ3) is 4.23. The SMILES string of the molecule is Cc1noc(C)c1CC(=O)NCCNc1ccc(-n2cccc2)nn1. The topological polar surface area (TPSA) is 97.9 Å². The first kappa shape index (κ1) is 16.7. The van der Waals surface area contributed by atoms with Gasteiger partial charge in [0.15, 0.2) is 5.82 Å². The van der Waals surface area contributed by atoms with Crippen molar-refractivity contribution in [2.24, 2.45) is 0 Å². The monoisotopic (exact) mass is 340 g/mol. The molecule has 0 saturated carbocycles. The highest BCUT2D eigenvalue weighted by Gasteiger charge is 2.12. The number of carbonyl (C=O) groups excluding carboxylic acids is 1. The molecule has 8 nitrogen and oxygen atoms in total. The summed E-state index contributed by atoms with van der Waals surface area (Å²) in [5, 5.41) is 18.1. The fraction of sp³-hybridized carbons (Fsp3) is 0.294. The molecule has 3 aromatic heterocycles. The number of nitrogens with one attached hydrogen (secondary N) is 2. The molecule has 2 N–H and O–H groups in total. The summed E-state index contributed by atoms with van der Waals surface area (Å²) in [7, 11) is 0. The molecule has 0 saturated heterocycles. The third-order valence-electron chi connectivity index (χ3n) is 3.79. The number of amides is 1. The van der Waals surface area contributed by atoms with Gasteiger partial charge >= 0.3 is 0 Å². The average Bonchev–Trinajstić information content (AvgIpc) is 3.25. The number of hydrogen-bond donors (Lipinski definition) is 2. The Morgan fingerprint density at radius 2 is 1.96 bits per heavy atom. The molecule has 1 amide bonds. The Kier molecular flexibility index (Phi) is 5.08. The van der Waals surface area contributed by atoms with Crippen LogP contribution in [0.2, 0.25) is 0 Å². The van der Waals surface area contributed by atoms with Gasteiger partial charge < -0.3 is 19.7 Å². The first-order chi connectivity index (χ1) is 12.1. The maximum absolute atomic E-state index is 12.0. The van der Waals surface area contributed by atoms with Crippen LogP contribution in [0.4, 0.5) is 5.82 Å². The van der Waals surface area contributed by atoms with Gasteiger partial charge in [-0.1, -0.05) is 5.16 Å². The van der Waals surface area contributed by atoms with E-state index in [0.29, 0.717) is 24.7 Å². The van der Waals surface area contributed by atoms with E-state index in [1.165, 1.54) is 0 Å². The van der Waals surface area contributed by atoms with Gasteiger partial charge in [0.2, 0.25) is 5.91 Å². The molecule has 0 radical (unpaired) electrons. The molecule has 0 bridgehead atoms. The second-order valence-corrected chi connectivity index (χ2v) is 5.62. The van der Waals surface area contributed by atoms with Crippen LogP contribution in [0.3, 0.4) is 0 Å². The Balaban J connectivity index is 1.42. The Morgan fingerprint density at radius 1 is 1.16 bits per heavy atom. The molecule has 3 heterocycles. The largest absolute Gasteiger partial charge is 0.367 e. The van der Waals surface area contributed by atoms with Crippen molar-refractivity contribution in [1.29, 1.82) is 0 Å². The molecule has 0 spiro atoms. The van der Waals surface area contributed by atoms with Crippen LogP contribution in [0, 0.1) is 13.8 Å². The fourth-order valence-corrected chi connectivity index (χ4v) is 2.41. The number of hydrogen-bond acceptors (Lipinski definition) is 6. The van der Waals surface area contributed by atoms with E-state index in [2.05, 4.69) is 26.0 Å². The van der Waals surface area contributed by atoms with Crippen LogP contribution in [0.5, 0.6) is 0 Å². The molecular weight excluding hydrogens is 320 g/mol. The van der Waals surface area contributed by atoms with Crippen LogP contribution < -0.4 is 10.6 Å². The Labute approximate surface area is 145 Å². The van der Waals surface area contributed by atoms with Crippen LogP contribution in [0.15, 0.2) is 41.2 Å². The average molecular weight is 340 g/mol. The second kappa shape index (κ2) is 7.61. The molecule has 25 heavy (non-hydrogen) atoms. The van der Waals surface area contributed by atoms with E-state index in [1.807, 2.05) is 48.1 Å². The lowest BCUT2D eigenvalue weighted by atomic mass is 10.1. The lowest BCUT2D eigenvalue weighted by molar-refractivity contribution is -0.120. The quantitative estimate of drug-likeness (QED) is 0.635. The van der Waals surface area contributed by atoms with E-state index < -0.39 is 0 Å². The summed E-state index contributed by atoms with van der Waals surface area (Å²) in [4.78, 5) is 12.0. The summed E-state index contributed by atoms with van der Waals surface area (Å²) in [6, 6.07) is 7.59. The molecule has 0 aromatic carbocycles. The molecule has 0 fully saturated rings. The van der Waals surface area contributed by atoms with Crippen molar-refractivity contribution < 1.29 is 9.32 Å². The van der Waals surface area contributed by atoms with E-state index in [1.54, 1.807) is 6.92 Å². The number of anilines is 1. The van der Waals surface area contributed by atoms with Gasteiger partial charge in [-0.05, 0) is 38.1 Å². The maximum Gasteiger partial charge on any atom is 0.224 e. The zero-order valence-corrected chi connectivity index (χ0v) is 14.2. The molecule has 0 unspecified atom stereocenters. The molecule has 0 aliphatic rings. The van der Waals surface area contributed by atoms with Crippen molar-refractivity contribution in [1.82, 2.24) is 25.2 Å². The molecule has 0 aliphatic heterocycles. The van der Waals surface area contributed by atoms with Gasteiger partial charge in [0.05, 0.1) is 12.1 Å². The van der Waals surface area contributed by atoms with Crippen LogP contribution in [-0.4, -0.2) is 38.9 Å². The van der Waals surface area contributed by atoms with Gasteiger partial charge in [0.1, 0.15) is 11.6 Å². The molecule has 130 valence electrons. The highest BCUT2D eigenvalue weighted by Crippen LogP contribution is 2.12. The molecule has 3 rings (SSSR count). The van der Waals surface area contributed by atoms with Gasteiger partial charge in [-0.25, -0.2) is 0 Å². The lowest BCUT2D eigenvalue weighted by Crippen LogP contribution is -2.30. The standard InChI is InChI=1S/C17H20N6O2/c1-12-14(13(2)25-22-12)11-17(24)19-8-7-18-15-5-6-16(21-20-15)23-9-3-4-10-23/h3-6,9-10H,7-8,11H2,1-2H3,(H,18,20)(H,19,24). The van der Waals surface area contributed by atoms with E-state index in [-0.39, 0.29) is 12.3 Å². The summed E-state index contributed by atoms with van der Waals surface area (Å²) in [5.41, 5.74) is 1.60. The summed E-state index contributed by atoms with van der Waals surface area (Å²) in [6.45, 7) is 4.69. The minimum atomic E-state index is -0.0646. The molecule has 3 aromatic rings. The van der Waals surface area contributed by atoms with E-state index in [9.17, 15) is 4.79 Å². The first-order valence-electron chi connectivity index (χ1n) is 8.03. The number of nitrogens with zero attached hydrogens (tertiary/aromatic N) is 4. The Morgan fingerprint density at radius 3 is 2.60 bits per heavy atom. The van der Waals surface area contributed by atoms with Crippen LogP contribution in [0.25, 0.3) is 5.82 Å². The molecule has 8 heteroatoms. The molecule has 0 aliphatic carbocycles. The predicted octanol–water partition coefficient (Wildman–Crippen LogP) is 1.64. The summed E-state index contributed by atoms with van der Waals surface area (Å²) < 4.78 is 6.94. The van der Waals surface area contributed by atoms with Gasteiger partial charge in [-0.15, -0.1) is 10.2 Å². The van der Waals surface area contributed by atoms with Gasteiger partial charge in [-0.3, -0.25) is 4.79 Å². The van der Waals surface area contributed by atoms with Crippen molar-refractivity contribution in [2.45, 2.75) is 20.3 Å². The van der Waals surface area contributed by atoms with Crippen molar-refractivity contribution in [2.75, 3.05) is 18.4 Å². The highest BCUT2D eigenvalue weighted by molar-refractivity contribution is 5.79. The van der Waals surface area contributed by atoms with Gasteiger partial charge in [0, 0.05) is 31.0 Å². The van der Waals surface area contributed by atoms with Crippen molar-refractivity contribution >= 4 is 11.7 Å². The summed E-state index contributed by atoms with van der Waals surface area (Å²) in [6.07, 6.45) is 4.09. The van der Waals surface area contributed by atoms with Crippen molar-refractivity contribution in [3.8, 4) is 5.82 Å². The molecule has 0 atom stereocenters. The minimum Gasteiger partial charge on any atom is -0.367 e. The van der Waals surface area contributed by atoms with Crippen LogP contribution in [0.1, 0.15) is 17.0 Å². The summed E-state index contributed by atoms with van der Waals surface area (Å²) >= 11 is 0. The minimum absolute atomic E-state index is 0.0646. The zero-order valence-electron chi connectivity index (χ0n) is 14.2. The number of aryl methyl sites for hydroxylation is 2. The number of aromatic nitrogens is 4. The van der Waals surface area contributed by atoms with Gasteiger partial charge in [0.25, 0.3) is 0 Å². The highest BCUT2D eigenvalue weighted by atomic mass is 16.5. The number of carbonyl (C=O) groups is 1. The second-order valence-electron chi connectivity index (χ2n) is 5.62. The zero-order chi connectivity index (χ0) is 17.6. The predicted molar refractivity (Wildman–Crippen MR) is 92.5 cm³/mol.